The highest BCUT2D eigenvalue weighted by atomic mass is 19.1. The van der Waals surface area contributed by atoms with Crippen LogP contribution in [0.4, 0.5) is 15.8 Å². The Kier molecular flexibility index (Phi) is 5.07. The van der Waals surface area contributed by atoms with E-state index in [1.807, 2.05) is 36.4 Å². The predicted molar refractivity (Wildman–Crippen MR) is 109 cm³/mol. The Hall–Kier alpha value is -3.93. The average Bonchev–Trinajstić information content (AvgIpc) is 2.72. The number of nitrogens with zero attached hydrogens (tertiary/aromatic N) is 1. The second-order valence-corrected chi connectivity index (χ2v) is 6.47. The van der Waals surface area contributed by atoms with E-state index in [4.69, 9.17) is 9.84 Å². The molecule has 0 atom stereocenters. The van der Waals surface area contributed by atoms with Crippen LogP contribution in [0.1, 0.15) is 16.1 Å². The summed E-state index contributed by atoms with van der Waals surface area (Å²) in [5.41, 5.74) is 2.91. The van der Waals surface area contributed by atoms with Crippen molar-refractivity contribution in [3.63, 3.8) is 0 Å². The molecule has 144 valence electrons. The molecule has 2 N–H and O–H groups in total. The molecule has 1 heterocycles. The minimum atomic E-state index is -0.978. The monoisotopic (exact) mass is 388 g/mol. The number of hydrogen-bond acceptors (Lipinski definition) is 4. The molecule has 0 fully saturated rings. The third-order valence-corrected chi connectivity index (χ3v) is 4.33. The van der Waals surface area contributed by atoms with Crippen molar-refractivity contribution in [2.75, 3.05) is 5.32 Å². The molecule has 6 heteroatoms. The summed E-state index contributed by atoms with van der Waals surface area (Å²) >= 11 is 0. The molecule has 0 spiro atoms. The lowest BCUT2D eigenvalue weighted by Crippen LogP contribution is -2.00. The highest BCUT2D eigenvalue weighted by Gasteiger charge is 2.05. The second kappa shape index (κ2) is 7.98. The number of carboxylic acid groups (broad SMARTS) is 1. The van der Waals surface area contributed by atoms with E-state index < -0.39 is 5.97 Å². The third kappa shape index (κ3) is 4.50. The zero-order valence-electron chi connectivity index (χ0n) is 15.3. The van der Waals surface area contributed by atoms with E-state index in [0.717, 1.165) is 11.1 Å². The van der Waals surface area contributed by atoms with Gasteiger partial charge in [-0.2, -0.15) is 0 Å². The molecular weight excluding hydrogens is 371 g/mol. The molecule has 0 aliphatic heterocycles. The van der Waals surface area contributed by atoms with Gasteiger partial charge in [0.1, 0.15) is 18.2 Å². The number of nitrogens with one attached hydrogen (secondary N) is 1. The van der Waals surface area contributed by atoms with Crippen LogP contribution in [0.2, 0.25) is 0 Å². The molecule has 0 aliphatic rings. The first-order valence-corrected chi connectivity index (χ1v) is 8.95. The summed E-state index contributed by atoms with van der Waals surface area (Å²) in [6.07, 6.45) is 0. The van der Waals surface area contributed by atoms with E-state index in [1.54, 1.807) is 24.3 Å². The lowest BCUT2D eigenvalue weighted by molar-refractivity contribution is 0.0697. The number of hydrogen-bond donors (Lipinski definition) is 2. The normalized spacial score (nSPS) is 10.7. The standard InChI is InChI=1S/C23H17FN2O3/c24-17-9-7-15-8-10-20(26-22(15)12-17)14-29-21-6-2-5-19(13-21)25-18-4-1-3-16(11-18)23(27)28/h1-13,25H,14H2,(H,27,28). The molecule has 0 saturated carbocycles. The number of rotatable bonds is 6. The van der Waals surface area contributed by atoms with E-state index in [2.05, 4.69) is 10.3 Å². The van der Waals surface area contributed by atoms with Crippen LogP contribution in [-0.4, -0.2) is 16.1 Å². The van der Waals surface area contributed by atoms with Crippen molar-refractivity contribution < 1.29 is 19.0 Å². The molecule has 5 nitrogen and oxygen atoms in total. The minimum absolute atomic E-state index is 0.209. The second-order valence-electron chi connectivity index (χ2n) is 6.47. The van der Waals surface area contributed by atoms with Gasteiger partial charge in [0.25, 0.3) is 0 Å². The maximum atomic E-state index is 13.4. The summed E-state index contributed by atoms with van der Waals surface area (Å²) in [4.78, 5) is 15.5. The summed E-state index contributed by atoms with van der Waals surface area (Å²) in [5.74, 6) is -0.673. The number of benzene rings is 3. The topological polar surface area (TPSA) is 71.5 Å². The number of fused-ring (bicyclic) bond motifs is 1. The quantitative estimate of drug-likeness (QED) is 0.463. The summed E-state index contributed by atoms with van der Waals surface area (Å²) in [5, 5.41) is 13.1. The van der Waals surface area contributed by atoms with Gasteiger partial charge in [0, 0.05) is 28.9 Å². The van der Waals surface area contributed by atoms with Gasteiger partial charge >= 0.3 is 5.97 Å². The third-order valence-electron chi connectivity index (χ3n) is 4.33. The van der Waals surface area contributed by atoms with Crippen molar-refractivity contribution in [1.29, 1.82) is 0 Å². The van der Waals surface area contributed by atoms with Crippen LogP contribution in [0.5, 0.6) is 5.75 Å². The van der Waals surface area contributed by atoms with E-state index in [-0.39, 0.29) is 18.0 Å². The molecule has 0 aliphatic carbocycles. The Labute approximate surface area is 166 Å². The maximum Gasteiger partial charge on any atom is 0.335 e. The highest BCUT2D eigenvalue weighted by Crippen LogP contribution is 2.23. The average molecular weight is 388 g/mol. The number of pyridine rings is 1. The first kappa shape index (κ1) is 18.4. The molecule has 0 saturated heterocycles. The van der Waals surface area contributed by atoms with Gasteiger partial charge in [-0.3, -0.25) is 0 Å². The summed E-state index contributed by atoms with van der Waals surface area (Å²) in [6, 6.07) is 22.1. The first-order chi connectivity index (χ1) is 14.1. The fraction of sp³-hybridized carbons (Fsp3) is 0.0435. The molecular formula is C23H17FN2O3. The molecule has 0 amide bonds. The molecule has 3 aromatic carbocycles. The molecule has 0 bridgehead atoms. The smallest absolute Gasteiger partial charge is 0.335 e. The Morgan fingerprint density at radius 3 is 2.55 bits per heavy atom. The van der Waals surface area contributed by atoms with E-state index in [0.29, 0.717) is 22.6 Å². The first-order valence-electron chi connectivity index (χ1n) is 8.95. The predicted octanol–water partition coefficient (Wildman–Crippen LogP) is 5.39. The van der Waals surface area contributed by atoms with Crippen molar-refractivity contribution in [2.24, 2.45) is 0 Å². The van der Waals surface area contributed by atoms with E-state index in [1.165, 1.54) is 18.2 Å². The molecule has 4 rings (SSSR count). The Balaban J connectivity index is 1.46. The highest BCUT2D eigenvalue weighted by molar-refractivity contribution is 5.89. The van der Waals surface area contributed by atoms with E-state index >= 15 is 0 Å². The summed E-state index contributed by atoms with van der Waals surface area (Å²) in [6.45, 7) is 0.240. The van der Waals surface area contributed by atoms with Gasteiger partial charge in [-0.1, -0.05) is 18.2 Å². The van der Waals surface area contributed by atoms with Crippen LogP contribution in [0.15, 0.2) is 78.9 Å². The number of anilines is 2. The molecule has 29 heavy (non-hydrogen) atoms. The van der Waals surface area contributed by atoms with Gasteiger partial charge in [-0.15, -0.1) is 0 Å². The zero-order chi connectivity index (χ0) is 20.2. The number of aromatic carboxylic acids is 1. The number of aromatic nitrogens is 1. The number of halogens is 1. The minimum Gasteiger partial charge on any atom is -0.487 e. The molecule has 1 aromatic heterocycles. The van der Waals surface area contributed by atoms with Crippen LogP contribution in [-0.2, 0) is 6.61 Å². The van der Waals surface area contributed by atoms with Crippen molar-refractivity contribution in [3.8, 4) is 5.75 Å². The van der Waals surface area contributed by atoms with Gasteiger partial charge in [-0.25, -0.2) is 14.2 Å². The zero-order valence-corrected chi connectivity index (χ0v) is 15.3. The van der Waals surface area contributed by atoms with Gasteiger partial charge < -0.3 is 15.2 Å². The molecule has 0 unspecified atom stereocenters. The van der Waals surface area contributed by atoms with Crippen molar-refractivity contribution >= 4 is 28.2 Å². The lowest BCUT2D eigenvalue weighted by Gasteiger charge is -2.10. The van der Waals surface area contributed by atoms with Gasteiger partial charge in [0.05, 0.1) is 16.8 Å². The largest absolute Gasteiger partial charge is 0.487 e. The maximum absolute atomic E-state index is 13.4. The van der Waals surface area contributed by atoms with E-state index in [9.17, 15) is 9.18 Å². The van der Waals surface area contributed by atoms with Crippen LogP contribution < -0.4 is 10.1 Å². The van der Waals surface area contributed by atoms with Crippen LogP contribution in [0.3, 0.4) is 0 Å². The van der Waals surface area contributed by atoms with Crippen molar-refractivity contribution in [3.05, 3.63) is 95.9 Å². The summed E-state index contributed by atoms with van der Waals surface area (Å²) in [7, 11) is 0. The Bertz CT molecular complexity index is 1190. The lowest BCUT2D eigenvalue weighted by atomic mass is 10.2. The number of ether oxygens (including phenoxy) is 1. The number of carbonyl (C=O) groups is 1. The summed E-state index contributed by atoms with van der Waals surface area (Å²) < 4.78 is 19.2. The fourth-order valence-electron chi connectivity index (χ4n) is 2.93. The Morgan fingerprint density at radius 1 is 0.966 bits per heavy atom. The molecule has 0 radical (unpaired) electrons. The Morgan fingerprint density at radius 2 is 1.72 bits per heavy atom. The van der Waals surface area contributed by atoms with Crippen LogP contribution >= 0.6 is 0 Å². The van der Waals surface area contributed by atoms with Gasteiger partial charge in [-0.05, 0) is 48.5 Å². The SMILES string of the molecule is O=C(O)c1cccc(Nc2cccc(OCc3ccc4ccc(F)cc4n3)c2)c1. The molecule has 4 aromatic rings. The van der Waals surface area contributed by atoms with Gasteiger partial charge in [0.15, 0.2) is 0 Å². The van der Waals surface area contributed by atoms with Crippen LogP contribution in [0, 0.1) is 5.82 Å². The fourth-order valence-corrected chi connectivity index (χ4v) is 2.93. The van der Waals surface area contributed by atoms with Gasteiger partial charge in [0.2, 0.25) is 0 Å². The number of carboxylic acids is 1. The van der Waals surface area contributed by atoms with Crippen molar-refractivity contribution in [1.82, 2.24) is 4.98 Å². The van der Waals surface area contributed by atoms with Crippen molar-refractivity contribution in [2.45, 2.75) is 6.61 Å². The van der Waals surface area contributed by atoms with Crippen LogP contribution in [0.25, 0.3) is 10.9 Å².